The fourth-order valence-electron chi connectivity index (χ4n) is 1.12. The number of phenolic OH excluding ortho intramolecular Hbond substituents is 2. The van der Waals surface area contributed by atoms with Crippen molar-refractivity contribution in [2.24, 2.45) is 0 Å². The van der Waals surface area contributed by atoms with Gasteiger partial charge in [0.2, 0.25) is 0 Å². The van der Waals surface area contributed by atoms with Crippen molar-refractivity contribution in [1.29, 1.82) is 0 Å². The van der Waals surface area contributed by atoms with Crippen molar-refractivity contribution in [2.45, 2.75) is 20.8 Å². The number of benzene rings is 1. The first-order valence-corrected chi connectivity index (χ1v) is 4.95. The molecule has 0 bridgehead atoms. The first-order valence-electron chi connectivity index (χ1n) is 4.95. The van der Waals surface area contributed by atoms with Crippen LogP contribution in [0.2, 0.25) is 0 Å². The smallest absolute Gasteiger partial charge is 1.00 e. The third kappa shape index (κ3) is 7.18. The largest absolute Gasteiger partial charge is 4.00 e. The Morgan fingerprint density at radius 2 is 1.45 bits per heavy atom. The van der Waals surface area contributed by atoms with E-state index in [0.717, 1.165) is 16.7 Å². The molecule has 1 heterocycles. The van der Waals surface area contributed by atoms with Crippen molar-refractivity contribution < 1.29 is 61.2 Å². The van der Waals surface area contributed by atoms with E-state index in [-0.39, 0.29) is 62.5 Å². The average Bonchev–Trinajstić information content (AvgIpc) is 2.37. The van der Waals surface area contributed by atoms with E-state index in [4.69, 9.17) is 0 Å². The third-order valence-corrected chi connectivity index (χ3v) is 2.44. The summed E-state index contributed by atoms with van der Waals surface area (Å²) in [4.78, 5) is 0. The molecule has 0 radical (unpaired) electrons. The number of rotatable bonds is 0. The van der Waals surface area contributed by atoms with Crippen LogP contribution in [0, 0.1) is 33.0 Å². The van der Waals surface area contributed by atoms with Gasteiger partial charge in [0.1, 0.15) is 0 Å². The monoisotopic (exact) mass is 391 g/mol. The predicted octanol–water partition coefficient (Wildman–Crippen LogP) is -4.50. The Morgan fingerprint density at radius 1 is 0.950 bits per heavy atom. The molecule has 0 fully saturated rings. The number of aromatic hydroxyl groups is 2. The quantitative estimate of drug-likeness (QED) is 0.441. The van der Waals surface area contributed by atoms with Crippen molar-refractivity contribution >= 4 is 0 Å². The zero-order valence-electron chi connectivity index (χ0n) is 11.1. The summed E-state index contributed by atoms with van der Waals surface area (Å²) in [5, 5.41) is 28.3. The van der Waals surface area contributed by atoms with E-state index in [9.17, 15) is 10.2 Å². The van der Waals surface area contributed by atoms with E-state index < -0.39 is 0 Å². The van der Waals surface area contributed by atoms with E-state index in [0.29, 0.717) is 0 Å². The Labute approximate surface area is 149 Å². The minimum atomic E-state index is 0. The summed E-state index contributed by atoms with van der Waals surface area (Å²) in [5.41, 5.74) is 2.47. The molecule has 0 unspecified atom stereocenters. The minimum Gasteiger partial charge on any atom is -1.00 e. The van der Waals surface area contributed by atoms with E-state index in [1.54, 1.807) is 19.9 Å². The Kier molecular flexibility index (Phi) is 14.7. The Hall–Kier alpha value is -0.707. The first kappa shape index (κ1) is 24.3. The second kappa shape index (κ2) is 12.1. The molecule has 2 aromatic rings. The summed E-state index contributed by atoms with van der Waals surface area (Å²) < 4.78 is 0. The second-order valence-electron chi connectivity index (χ2n) is 3.45. The van der Waals surface area contributed by atoms with Gasteiger partial charge < -0.3 is 35.0 Å². The summed E-state index contributed by atoms with van der Waals surface area (Å²) in [6, 6.07) is 4.05. The van der Waals surface area contributed by atoms with Crippen molar-refractivity contribution in [1.82, 2.24) is 15.4 Å². The summed E-state index contributed by atoms with van der Waals surface area (Å²) >= 11 is 0. The van der Waals surface area contributed by atoms with E-state index in [1.807, 2.05) is 6.92 Å². The molecule has 0 atom stereocenters. The van der Waals surface area contributed by atoms with Gasteiger partial charge in [-0.15, -0.1) is 22.9 Å². The number of aromatic nitrogens is 3. The molecule has 0 saturated heterocycles. The summed E-state index contributed by atoms with van der Waals surface area (Å²) in [7, 11) is 0. The van der Waals surface area contributed by atoms with Gasteiger partial charge in [0.05, 0.1) is 0 Å². The van der Waals surface area contributed by atoms with Gasteiger partial charge in [-0.05, 0) is 0 Å². The summed E-state index contributed by atoms with van der Waals surface area (Å²) in [6.07, 6.45) is 3.99. The summed E-state index contributed by atoms with van der Waals surface area (Å²) in [5.74, 6) is 0.0659. The number of hydrogen-bond donors (Lipinski definition) is 2. The molecule has 0 spiro atoms. The second-order valence-corrected chi connectivity index (χ2v) is 3.45. The molecule has 20 heavy (non-hydrogen) atoms. The van der Waals surface area contributed by atoms with Crippen LogP contribution in [-0.2, 0) is 26.2 Å². The topological polar surface area (TPSA) is 79.1 Å². The van der Waals surface area contributed by atoms with Crippen LogP contribution in [0.4, 0.5) is 0 Å². The van der Waals surface area contributed by atoms with Crippen LogP contribution in [-0.4, -0.2) is 25.6 Å². The Morgan fingerprint density at radius 3 is 1.70 bits per heavy atom. The van der Waals surface area contributed by atoms with Crippen LogP contribution in [0.3, 0.4) is 0 Å². The van der Waals surface area contributed by atoms with Gasteiger partial charge in [-0.2, -0.15) is 6.07 Å². The molecule has 0 aliphatic heterocycles. The van der Waals surface area contributed by atoms with E-state index >= 15 is 0 Å². The van der Waals surface area contributed by atoms with Crippen molar-refractivity contribution in [3.63, 3.8) is 0 Å². The van der Waals surface area contributed by atoms with Gasteiger partial charge in [0, 0.05) is 11.5 Å². The standard InChI is InChI=1S/C9H11O2.C3H2N3.2ClH.Zr/c1-5-6(2)8(10)4-9(11)7(5)3;1-2-4-6-5-3-1;;;/h10-11H,1-3H3;1-2H;2*1H;/q2*-1;;;+4/p-2. The molecule has 2 rings (SSSR count). The molecule has 5 nitrogen and oxygen atoms in total. The van der Waals surface area contributed by atoms with E-state index in [1.165, 1.54) is 6.20 Å². The van der Waals surface area contributed by atoms with Crippen LogP contribution < -0.4 is 24.8 Å². The van der Waals surface area contributed by atoms with Gasteiger partial charge in [0.15, 0.2) is 0 Å². The van der Waals surface area contributed by atoms with Crippen LogP contribution >= 0.6 is 0 Å². The van der Waals surface area contributed by atoms with Gasteiger partial charge in [-0.1, -0.05) is 38.2 Å². The van der Waals surface area contributed by atoms with Crippen LogP contribution in [0.5, 0.6) is 11.5 Å². The normalized spacial score (nSPS) is 7.95. The maximum Gasteiger partial charge on any atom is 4.00 e. The van der Waals surface area contributed by atoms with Gasteiger partial charge in [-0.3, -0.25) is 0 Å². The van der Waals surface area contributed by atoms with Crippen LogP contribution in [0.25, 0.3) is 0 Å². The Bertz CT molecular complexity index is 449. The molecule has 8 heteroatoms. The molecule has 0 amide bonds. The fourth-order valence-corrected chi connectivity index (χ4v) is 1.12. The molecule has 0 saturated carbocycles. The van der Waals surface area contributed by atoms with Crippen LogP contribution in [0.1, 0.15) is 16.7 Å². The van der Waals surface area contributed by atoms with Crippen LogP contribution in [0.15, 0.2) is 12.3 Å². The first-order chi connectivity index (χ1) is 8.04. The summed E-state index contributed by atoms with van der Waals surface area (Å²) in [6.45, 7) is 5.46. The molecule has 2 N–H and O–H groups in total. The van der Waals surface area contributed by atoms with Gasteiger partial charge in [-0.25, -0.2) is 10.2 Å². The third-order valence-electron chi connectivity index (χ3n) is 2.44. The Balaban J connectivity index is -0.000000281. The molecule has 0 aliphatic rings. The number of halogens is 2. The number of nitrogens with zero attached hydrogens (tertiary/aromatic N) is 3. The van der Waals surface area contributed by atoms with Crippen molar-refractivity contribution in [2.75, 3.05) is 0 Å². The molecule has 0 aliphatic carbocycles. The molecular formula is C12H13Cl2N3O2Zr. The molecular weight excluding hydrogens is 380 g/mol. The minimum absolute atomic E-state index is 0. The number of hydrogen-bond acceptors (Lipinski definition) is 5. The molecule has 1 aromatic heterocycles. The zero-order chi connectivity index (χ0) is 12.8. The molecule has 1 aromatic carbocycles. The van der Waals surface area contributed by atoms with Crippen molar-refractivity contribution in [3.05, 3.63) is 41.2 Å². The maximum atomic E-state index is 9.19. The fraction of sp³-hybridized carbons (Fsp3) is 0.250. The predicted molar refractivity (Wildman–Crippen MR) is 61.5 cm³/mol. The maximum absolute atomic E-state index is 9.19. The van der Waals surface area contributed by atoms with Crippen molar-refractivity contribution in [3.8, 4) is 11.5 Å². The van der Waals surface area contributed by atoms with Gasteiger partial charge in [0.25, 0.3) is 0 Å². The molecule has 106 valence electrons. The number of phenols is 2. The van der Waals surface area contributed by atoms with Gasteiger partial charge >= 0.3 is 26.2 Å². The average molecular weight is 393 g/mol. The SMILES string of the molecule is Cc1c(O)[c-]c(O)c(C)c1C.[Cl-].[Cl-].[Zr+4].[c-]1ccnnn1. The zero-order valence-corrected chi connectivity index (χ0v) is 15.1. The van der Waals surface area contributed by atoms with E-state index in [2.05, 4.69) is 27.7 Å².